The van der Waals surface area contributed by atoms with Crippen LogP contribution in [-0.2, 0) is 4.79 Å². The second-order valence-electron chi connectivity index (χ2n) is 6.00. The van der Waals surface area contributed by atoms with Gasteiger partial charge in [0.1, 0.15) is 0 Å². The predicted molar refractivity (Wildman–Crippen MR) is 67.1 cm³/mol. The van der Waals surface area contributed by atoms with Crippen LogP contribution in [0, 0.1) is 36.0 Å². The first-order chi connectivity index (χ1) is 8.31. The number of rotatable bonds is 4. The Bertz CT molecular complexity index is 340. The van der Waals surface area contributed by atoms with Gasteiger partial charge in [-0.3, -0.25) is 4.79 Å². The van der Waals surface area contributed by atoms with Gasteiger partial charge in [-0.15, -0.1) is 6.42 Å². The van der Waals surface area contributed by atoms with Crippen molar-refractivity contribution in [2.24, 2.45) is 23.7 Å². The van der Waals surface area contributed by atoms with E-state index in [1.54, 1.807) is 0 Å². The van der Waals surface area contributed by atoms with Crippen molar-refractivity contribution in [2.75, 3.05) is 13.1 Å². The summed E-state index contributed by atoms with van der Waals surface area (Å²) < 4.78 is 0. The molecule has 0 bridgehead atoms. The highest BCUT2D eigenvalue weighted by Gasteiger charge is 2.55. The number of amides is 1. The van der Waals surface area contributed by atoms with E-state index in [4.69, 9.17) is 6.42 Å². The first kappa shape index (κ1) is 11.1. The lowest BCUT2D eigenvalue weighted by Gasteiger charge is -2.20. The smallest absolute Gasteiger partial charge is 0.227 e. The summed E-state index contributed by atoms with van der Waals surface area (Å²) in [5, 5.41) is 0. The molecule has 0 aromatic carbocycles. The number of carbonyl (C=O) groups is 1. The van der Waals surface area contributed by atoms with Gasteiger partial charge in [0.15, 0.2) is 0 Å². The number of hydrogen-bond acceptors (Lipinski definition) is 1. The fourth-order valence-corrected chi connectivity index (χ4v) is 3.52. The summed E-state index contributed by atoms with van der Waals surface area (Å²) in [5.41, 5.74) is 0. The van der Waals surface area contributed by atoms with Gasteiger partial charge in [-0.2, -0.15) is 0 Å². The molecule has 2 heteroatoms. The predicted octanol–water partition coefficient (Wildman–Crippen LogP) is 2.29. The minimum absolute atomic E-state index is 0.338. The van der Waals surface area contributed by atoms with E-state index in [2.05, 4.69) is 5.92 Å². The maximum atomic E-state index is 12.5. The van der Waals surface area contributed by atoms with Gasteiger partial charge < -0.3 is 4.90 Å². The van der Waals surface area contributed by atoms with Gasteiger partial charge in [-0.05, 0) is 43.4 Å². The van der Waals surface area contributed by atoms with E-state index in [0.717, 1.165) is 12.5 Å². The van der Waals surface area contributed by atoms with Crippen LogP contribution in [0.15, 0.2) is 0 Å². The highest BCUT2D eigenvalue weighted by molar-refractivity contribution is 5.82. The van der Waals surface area contributed by atoms with Crippen LogP contribution in [0.3, 0.4) is 0 Å². The van der Waals surface area contributed by atoms with Crippen molar-refractivity contribution in [3.8, 4) is 12.3 Å². The Balaban J connectivity index is 1.61. The molecule has 0 aromatic rings. The van der Waals surface area contributed by atoms with Crippen LogP contribution in [0.5, 0.6) is 0 Å². The SMILES string of the molecule is C#CCN(CC1CC1)C(=O)C1C2CCCCC21. The van der Waals surface area contributed by atoms with E-state index in [9.17, 15) is 4.79 Å². The van der Waals surface area contributed by atoms with E-state index < -0.39 is 0 Å². The Morgan fingerprint density at radius 3 is 2.35 bits per heavy atom. The number of carbonyl (C=O) groups excluding carboxylic acids is 1. The van der Waals surface area contributed by atoms with E-state index in [0.29, 0.717) is 30.2 Å². The van der Waals surface area contributed by atoms with Gasteiger partial charge in [0.2, 0.25) is 5.91 Å². The summed E-state index contributed by atoms with van der Waals surface area (Å²) in [6.45, 7) is 1.43. The summed E-state index contributed by atoms with van der Waals surface area (Å²) in [6, 6.07) is 0. The molecule has 17 heavy (non-hydrogen) atoms. The van der Waals surface area contributed by atoms with Crippen LogP contribution < -0.4 is 0 Å². The number of nitrogens with zero attached hydrogens (tertiary/aromatic N) is 1. The Hall–Kier alpha value is -0.970. The second kappa shape index (κ2) is 4.37. The molecule has 3 aliphatic carbocycles. The average molecular weight is 231 g/mol. The first-order valence-electron chi connectivity index (χ1n) is 7.03. The molecule has 3 fully saturated rings. The zero-order chi connectivity index (χ0) is 11.8. The molecule has 0 radical (unpaired) electrons. The molecule has 3 rings (SSSR count). The van der Waals surface area contributed by atoms with Crippen molar-refractivity contribution in [3.05, 3.63) is 0 Å². The van der Waals surface area contributed by atoms with Crippen molar-refractivity contribution >= 4 is 5.91 Å². The summed E-state index contributed by atoms with van der Waals surface area (Å²) >= 11 is 0. The molecule has 0 saturated heterocycles. The first-order valence-corrected chi connectivity index (χ1v) is 7.03. The Morgan fingerprint density at radius 1 is 1.18 bits per heavy atom. The molecular formula is C15H21NO. The molecule has 3 saturated carbocycles. The zero-order valence-corrected chi connectivity index (χ0v) is 10.4. The Labute approximate surface area is 104 Å². The van der Waals surface area contributed by atoms with Crippen LogP contribution in [0.2, 0.25) is 0 Å². The lowest BCUT2D eigenvalue weighted by atomic mass is 10.0. The van der Waals surface area contributed by atoms with Crippen molar-refractivity contribution in [2.45, 2.75) is 38.5 Å². The molecule has 2 unspecified atom stereocenters. The standard InChI is InChI=1S/C15H21NO/c1-2-9-16(10-11-7-8-11)15(17)14-12-5-3-4-6-13(12)14/h1,11-14H,3-10H2. The van der Waals surface area contributed by atoms with Crippen LogP contribution in [0.1, 0.15) is 38.5 Å². The van der Waals surface area contributed by atoms with Crippen molar-refractivity contribution in [1.29, 1.82) is 0 Å². The third-order valence-electron chi connectivity index (χ3n) is 4.71. The minimum atomic E-state index is 0.338. The van der Waals surface area contributed by atoms with Crippen molar-refractivity contribution < 1.29 is 4.79 Å². The summed E-state index contributed by atoms with van der Waals surface area (Å²) in [4.78, 5) is 14.4. The van der Waals surface area contributed by atoms with Crippen LogP contribution in [0.4, 0.5) is 0 Å². The topological polar surface area (TPSA) is 20.3 Å². The molecule has 1 amide bonds. The summed E-state index contributed by atoms with van der Waals surface area (Å²) in [7, 11) is 0. The molecule has 0 spiro atoms. The maximum absolute atomic E-state index is 12.5. The molecular weight excluding hydrogens is 210 g/mol. The Morgan fingerprint density at radius 2 is 1.82 bits per heavy atom. The lowest BCUT2D eigenvalue weighted by molar-refractivity contribution is -0.132. The number of hydrogen-bond donors (Lipinski definition) is 0. The lowest BCUT2D eigenvalue weighted by Crippen LogP contribution is -2.35. The van der Waals surface area contributed by atoms with Gasteiger partial charge >= 0.3 is 0 Å². The largest absolute Gasteiger partial charge is 0.331 e. The van der Waals surface area contributed by atoms with Gasteiger partial charge in [-0.25, -0.2) is 0 Å². The second-order valence-corrected chi connectivity index (χ2v) is 6.00. The van der Waals surface area contributed by atoms with Crippen molar-refractivity contribution in [1.82, 2.24) is 4.90 Å². The quantitative estimate of drug-likeness (QED) is 0.680. The number of fused-ring (bicyclic) bond motifs is 1. The third kappa shape index (κ3) is 2.20. The number of terminal acetylenes is 1. The average Bonchev–Trinajstić information content (AvgIpc) is 3.22. The van der Waals surface area contributed by atoms with E-state index in [-0.39, 0.29) is 0 Å². The van der Waals surface area contributed by atoms with E-state index in [1.165, 1.54) is 38.5 Å². The highest BCUT2D eigenvalue weighted by Crippen LogP contribution is 2.56. The molecule has 92 valence electrons. The maximum Gasteiger partial charge on any atom is 0.227 e. The molecule has 3 aliphatic rings. The minimum Gasteiger partial charge on any atom is -0.331 e. The van der Waals surface area contributed by atoms with E-state index in [1.807, 2.05) is 4.90 Å². The zero-order valence-electron chi connectivity index (χ0n) is 10.4. The monoisotopic (exact) mass is 231 g/mol. The van der Waals surface area contributed by atoms with Gasteiger partial charge in [-0.1, -0.05) is 18.8 Å². The molecule has 0 N–H and O–H groups in total. The fourth-order valence-electron chi connectivity index (χ4n) is 3.52. The van der Waals surface area contributed by atoms with Gasteiger partial charge in [0.05, 0.1) is 6.54 Å². The van der Waals surface area contributed by atoms with Gasteiger partial charge in [0, 0.05) is 12.5 Å². The summed E-state index contributed by atoms with van der Waals surface area (Å²) in [6.07, 6.45) is 13.1. The molecule has 2 nitrogen and oxygen atoms in total. The molecule has 0 heterocycles. The van der Waals surface area contributed by atoms with Crippen LogP contribution in [-0.4, -0.2) is 23.9 Å². The normalized spacial score (nSPS) is 34.6. The third-order valence-corrected chi connectivity index (χ3v) is 4.71. The van der Waals surface area contributed by atoms with Gasteiger partial charge in [0.25, 0.3) is 0 Å². The van der Waals surface area contributed by atoms with Crippen LogP contribution in [0.25, 0.3) is 0 Å². The fraction of sp³-hybridized carbons (Fsp3) is 0.800. The van der Waals surface area contributed by atoms with Crippen LogP contribution >= 0.6 is 0 Å². The molecule has 0 aromatic heterocycles. The van der Waals surface area contributed by atoms with E-state index >= 15 is 0 Å². The molecule has 0 aliphatic heterocycles. The molecule has 2 atom stereocenters. The summed E-state index contributed by atoms with van der Waals surface area (Å²) in [5.74, 6) is 5.51. The highest BCUT2D eigenvalue weighted by atomic mass is 16.2. The Kier molecular flexibility index (Phi) is 2.86. The van der Waals surface area contributed by atoms with Crippen molar-refractivity contribution in [3.63, 3.8) is 0 Å².